The second-order valence-electron chi connectivity index (χ2n) is 4.71. The van der Waals surface area contributed by atoms with Crippen LogP contribution < -0.4 is 4.72 Å². The van der Waals surface area contributed by atoms with Crippen LogP contribution >= 0.6 is 0 Å². The number of carbonyl (C=O) groups is 1. The number of nitrogens with one attached hydrogen (secondary N) is 1. The summed E-state index contributed by atoms with van der Waals surface area (Å²) in [5, 5.41) is 8.56. The highest BCUT2D eigenvalue weighted by atomic mass is 32.2. The van der Waals surface area contributed by atoms with Crippen molar-refractivity contribution in [2.24, 2.45) is 5.92 Å². The Bertz CT molecular complexity index is 636. The summed E-state index contributed by atoms with van der Waals surface area (Å²) >= 11 is 0. The standard InChI is InChI=1S/C13H16N2O5S/c16-13(17)2-1-10-5-12(8-14-6-10)21(18,19)15-7-11-3-4-20-9-11/h1-2,5-6,8,11,15H,3-4,7,9H2,(H,16,17). The van der Waals surface area contributed by atoms with Crippen LogP contribution in [0.2, 0.25) is 0 Å². The van der Waals surface area contributed by atoms with E-state index in [-0.39, 0.29) is 10.8 Å². The highest BCUT2D eigenvalue weighted by molar-refractivity contribution is 7.89. The average Bonchev–Trinajstić information content (AvgIpc) is 2.97. The fourth-order valence-corrected chi connectivity index (χ4v) is 3.01. The Hall–Kier alpha value is -1.77. The van der Waals surface area contributed by atoms with Gasteiger partial charge in [-0.15, -0.1) is 0 Å². The minimum atomic E-state index is -3.66. The Kier molecular flexibility index (Phi) is 5.05. The van der Waals surface area contributed by atoms with Gasteiger partial charge in [-0.2, -0.15) is 0 Å². The molecule has 1 aliphatic rings. The van der Waals surface area contributed by atoms with Crippen LogP contribution in [0.15, 0.2) is 29.4 Å². The number of carboxylic acids is 1. The summed E-state index contributed by atoms with van der Waals surface area (Å²) in [6, 6.07) is 1.37. The van der Waals surface area contributed by atoms with Crippen molar-refractivity contribution in [3.8, 4) is 0 Å². The van der Waals surface area contributed by atoms with Crippen LogP contribution in [0.25, 0.3) is 6.08 Å². The van der Waals surface area contributed by atoms with Gasteiger partial charge in [0, 0.05) is 31.6 Å². The number of sulfonamides is 1. The first kappa shape index (κ1) is 15.6. The summed E-state index contributed by atoms with van der Waals surface area (Å²) in [6.07, 6.45) is 5.67. The van der Waals surface area contributed by atoms with Crippen molar-refractivity contribution in [3.63, 3.8) is 0 Å². The molecule has 21 heavy (non-hydrogen) atoms. The summed E-state index contributed by atoms with van der Waals surface area (Å²) < 4.78 is 32.0. The van der Waals surface area contributed by atoms with Crippen molar-refractivity contribution < 1.29 is 23.1 Å². The molecule has 1 atom stereocenters. The summed E-state index contributed by atoms with van der Waals surface area (Å²) in [5.41, 5.74) is 0.407. The van der Waals surface area contributed by atoms with Crippen LogP contribution in [0.3, 0.4) is 0 Å². The van der Waals surface area contributed by atoms with Gasteiger partial charge in [-0.1, -0.05) is 0 Å². The van der Waals surface area contributed by atoms with E-state index >= 15 is 0 Å². The van der Waals surface area contributed by atoms with E-state index in [2.05, 4.69) is 9.71 Å². The number of rotatable bonds is 6. The fourth-order valence-electron chi connectivity index (χ4n) is 1.90. The molecule has 8 heteroatoms. The molecule has 2 rings (SSSR count). The Morgan fingerprint density at radius 3 is 3.00 bits per heavy atom. The third kappa shape index (κ3) is 4.62. The number of nitrogens with zero attached hydrogens (tertiary/aromatic N) is 1. The van der Waals surface area contributed by atoms with Crippen molar-refractivity contribution in [1.29, 1.82) is 0 Å². The lowest BCUT2D eigenvalue weighted by atomic mass is 10.1. The predicted molar refractivity (Wildman–Crippen MR) is 75.0 cm³/mol. The molecule has 1 unspecified atom stereocenters. The first-order valence-electron chi connectivity index (χ1n) is 6.41. The third-order valence-corrected chi connectivity index (χ3v) is 4.44. The molecular weight excluding hydrogens is 296 g/mol. The molecule has 0 saturated carbocycles. The van der Waals surface area contributed by atoms with Gasteiger partial charge in [-0.05, 0) is 30.0 Å². The van der Waals surface area contributed by atoms with E-state index in [1.807, 2.05) is 0 Å². The second kappa shape index (κ2) is 6.79. The van der Waals surface area contributed by atoms with Gasteiger partial charge in [-0.25, -0.2) is 17.9 Å². The summed E-state index contributed by atoms with van der Waals surface area (Å²) in [7, 11) is -3.66. The molecule has 1 saturated heterocycles. The van der Waals surface area contributed by atoms with Crippen LogP contribution in [-0.2, 0) is 19.6 Å². The van der Waals surface area contributed by atoms with Gasteiger partial charge in [0.2, 0.25) is 10.0 Å². The molecule has 1 aliphatic heterocycles. The second-order valence-corrected chi connectivity index (χ2v) is 6.47. The number of ether oxygens (including phenoxy) is 1. The quantitative estimate of drug-likeness (QED) is 0.741. The number of aromatic nitrogens is 1. The van der Waals surface area contributed by atoms with Crippen molar-refractivity contribution in [2.75, 3.05) is 19.8 Å². The van der Waals surface area contributed by atoms with Gasteiger partial charge >= 0.3 is 5.97 Å². The maximum Gasteiger partial charge on any atom is 0.328 e. The number of hydrogen-bond donors (Lipinski definition) is 2. The van der Waals surface area contributed by atoms with Crippen molar-refractivity contribution in [2.45, 2.75) is 11.3 Å². The van der Waals surface area contributed by atoms with Crippen LogP contribution in [0.4, 0.5) is 0 Å². The van der Waals surface area contributed by atoms with Crippen LogP contribution in [0, 0.1) is 5.92 Å². The zero-order valence-electron chi connectivity index (χ0n) is 11.2. The number of carboxylic acid groups (broad SMARTS) is 1. The summed E-state index contributed by atoms with van der Waals surface area (Å²) in [4.78, 5) is 14.3. The number of aliphatic carboxylic acids is 1. The summed E-state index contributed by atoms with van der Waals surface area (Å²) in [6.45, 7) is 1.53. The zero-order valence-corrected chi connectivity index (χ0v) is 12.0. The first-order chi connectivity index (χ1) is 9.97. The molecule has 2 heterocycles. The van der Waals surface area contributed by atoms with E-state index in [1.165, 1.54) is 24.5 Å². The minimum Gasteiger partial charge on any atom is -0.478 e. The van der Waals surface area contributed by atoms with E-state index < -0.39 is 16.0 Å². The molecule has 7 nitrogen and oxygen atoms in total. The molecule has 0 amide bonds. The lowest BCUT2D eigenvalue weighted by Gasteiger charge is -2.10. The highest BCUT2D eigenvalue weighted by Crippen LogP contribution is 2.14. The molecule has 0 bridgehead atoms. The average molecular weight is 312 g/mol. The van der Waals surface area contributed by atoms with Crippen molar-refractivity contribution in [1.82, 2.24) is 9.71 Å². The number of pyridine rings is 1. The van der Waals surface area contributed by atoms with Crippen molar-refractivity contribution >= 4 is 22.1 Å². The molecule has 114 valence electrons. The van der Waals surface area contributed by atoms with E-state index in [1.54, 1.807) is 0 Å². The monoisotopic (exact) mass is 312 g/mol. The minimum absolute atomic E-state index is 0.00829. The van der Waals surface area contributed by atoms with Crippen molar-refractivity contribution in [3.05, 3.63) is 30.1 Å². The van der Waals surface area contributed by atoms with Gasteiger partial charge in [0.15, 0.2) is 0 Å². The van der Waals surface area contributed by atoms with E-state index in [0.29, 0.717) is 25.3 Å². The molecular formula is C13H16N2O5S. The zero-order chi connectivity index (χ0) is 15.3. The maximum atomic E-state index is 12.1. The van der Waals surface area contributed by atoms with Crippen LogP contribution in [-0.4, -0.2) is 44.2 Å². The molecule has 0 aromatic carbocycles. The molecule has 2 N–H and O–H groups in total. The van der Waals surface area contributed by atoms with Crippen LogP contribution in [0.5, 0.6) is 0 Å². The SMILES string of the molecule is O=C(O)C=Cc1cncc(S(=O)(=O)NCC2CCOC2)c1. The van der Waals surface area contributed by atoms with E-state index in [9.17, 15) is 13.2 Å². The molecule has 0 spiro atoms. The van der Waals surface area contributed by atoms with Gasteiger partial charge in [0.05, 0.1) is 6.61 Å². The Labute approximate surface area is 122 Å². The smallest absolute Gasteiger partial charge is 0.328 e. The summed E-state index contributed by atoms with van der Waals surface area (Å²) in [5.74, 6) is -0.926. The Balaban J connectivity index is 2.08. The molecule has 1 aromatic rings. The molecule has 1 aromatic heterocycles. The van der Waals surface area contributed by atoms with E-state index in [0.717, 1.165) is 12.5 Å². The van der Waals surface area contributed by atoms with Crippen LogP contribution in [0.1, 0.15) is 12.0 Å². The Morgan fingerprint density at radius 1 is 1.52 bits per heavy atom. The molecule has 0 aliphatic carbocycles. The number of hydrogen-bond acceptors (Lipinski definition) is 5. The molecule has 0 radical (unpaired) electrons. The topological polar surface area (TPSA) is 106 Å². The maximum absolute atomic E-state index is 12.1. The van der Waals surface area contributed by atoms with E-state index in [4.69, 9.17) is 9.84 Å². The third-order valence-electron chi connectivity index (χ3n) is 3.05. The van der Waals surface area contributed by atoms with Gasteiger partial charge < -0.3 is 9.84 Å². The first-order valence-corrected chi connectivity index (χ1v) is 7.89. The predicted octanol–water partition coefficient (Wildman–Crippen LogP) is 0.494. The normalized spacial score (nSPS) is 19.1. The van der Waals surface area contributed by atoms with Gasteiger partial charge in [0.25, 0.3) is 0 Å². The molecule has 1 fully saturated rings. The highest BCUT2D eigenvalue weighted by Gasteiger charge is 2.20. The lowest BCUT2D eigenvalue weighted by molar-refractivity contribution is -0.131. The lowest BCUT2D eigenvalue weighted by Crippen LogP contribution is -2.29. The van der Waals surface area contributed by atoms with Gasteiger partial charge in [-0.3, -0.25) is 4.98 Å². The fraction of sp³-hybridized carbons (Fsp3) is 0.385. The van der Waals surface area contributed by atoms with Gasteiger partial charge in [0.1, 0.15) is 4.90 Å². The largest absolute Gasteiger partial charge is 0.478 e. The Morgan fingerprint density at radius 2 is 2.33 bits per heavy atom.